The van der Waals surface area contributed by atoms with Crippen LogP contribution >= 0.6 is 0 Å². The van der Waals surface area contributed by atoms with Crippen LogP contribution in [-0.2, 0) is 4.79 Å². The maximum Gasteiger partial charge on any atom is 0.211 e. The van der Waals surface area contributed by atoms with Crippen molar-refractivity contribution in [1.29, 1.82) is 0 Å². The van der Waals surface area contributed by atoms with Crippen molar-refractivity contribution in [3.05, 3.63) is 58.1 Å². The number of Topliss-reactive ketones (excluding diaryl/α,β-unsaturated/α-hetero) is 1. The fraction of sp³-hybridized carbons (Fsp3) is 0.353. The van der Waals surface area contributed by atoms with Crippen LogP contribution in [0, 0.1) is 16.0 Å². The molecule has 0 aliphatic heterocycles. The maximum absolute atomic E-state index is 11.9. The van der Waals surface area contributed by atoms with E-state index in [1.165, 1.54) is 0 Å². The molecule has 110 valence electrons. The summed E-state index contributed by atoms with van der Waals surface area (Å²) in [6.45, 7) is 3.44. The first kappa shape index (κ1) is 15.2. The molecule has 0 radical (unpaired) electrons. The lowest BCUT2D eigenvalue weighted by molar-refractivity contribution is -0.483. The summed E-state index contributed by atoms with van der Waals surface area (Å²) >= 11 is 0. The molecular weight excluding hydrogens is 266 g/mol. The average Bonchev–Trinajstić information content (AvgIpc) is 2.45. The maximum atomic E-state index is 11.9. The highest BCUT2D eigenvalue weighted by Gasteiger charge is 2.23. The van der Waals surface area contributed by atoms with Crippen LogP contribution in [0.2, 0.25) is 0 Å². The molecule has 0 saturated heterocycles. The fourth-order valence-corrected chi connectivity index (χ4v) is 2.41. The van der Waals surface area contributed by atoms with Gasteiger partial charge in [0.05, 0.1) is 5.92 Å². The second kappa shape index (κ2) is 6.48. The third-order valence-corrected chi connectivity index (χ3v) is 3.71. The summed E-state index contributed by atoms with van der Waals surface area (Å²) < 4.78 is 0. The molecule has 0 spiro atoms. The first-order valence-corrected chi connectivity index (χ1v) is 7.10. The van der Waals surface area contributed by atoms with Gasteiger partial charge in [0.15, 0.2) is 0 Å². The topological polar surface area (TPSA) is 60.2 Å². The first-order chi connectivity index (χ1) is 9.97. The van der Waals surface area contributed by atoms with Gasteiger partial charge in [0, 0.05) is 17.3 Å². The Morgan fingerprint density at radius 3 is 2.43 bits per heavy atom. The summed E-state index contributed by atoms with van der Waals surface area (Å²) in [4.78, 5) is 22.5. The van der Waals surface area contributed by atoms with Gasteiger partial charge < -0.3 is 0 Å². The predicted octanol–water partition coefficient (Wildman–Crippen LogP) is 3.82. The van der Waals surface area contributed by atoms with Gasteiger partial charge in [-0.1, -0.05) is 56.3 Å². The lowest BCUT2D eigenvalue weighted by atomic mass is 9.89. The molecule has 0 amide bonds. The summed E-state index contributed by atoms with van der Waals surface area (Å²) in [6.07, 6.45) is 0.219. The molecule has 0 fully saturated rings. The monoisotopic (exact) mass is 285 g/mol. The van der Waals surface area contributed by atoms with Gasteiger partial charge in [-0.15, -0.1) is 0 Å². The Balaban J connectivity index is 2.33. The van der Waals surface area contributed by atoms with Gasteiger partial charge in [0.1, 0.15) is 5.78 Å². The van der Waals surface area contributed by atoms with Gasteiger partial charge in [0.25, 0.3) is 0 Å². The summed E-state index contributed by atoms with van der Waals surface area (Å²) in [6, 6.07) is 13.7. The van der Waals surface area contributed by atoms with Crippen molar-refractivity contribution in [3.8, 4) is 0 Å². The van der Waals surface area contributed by atoms with Crippen LogP contribution in [0.25, 0.3) is 10.8 Å². The van der Waals surface area contributed by atoms with Gasteiger partial charge in [-0.3, -0.25) is 14.9 Å². The van der Waals surface area contributed by atoms with Crippen molar-refractivity contribution in [2.24, 2.45) is 5.92 Å². The van der Waals surface area contributed by atoms with Crippen LogP contribution in [-0.4, -0.2) is 17.3 Å². The molecule has 0 aliphatic rings. The molecule has 0 aliphatic carbocycles. The van der Waals surface area contributed by atoms with Crippen LogP contribution in [0.4, 0.5) is 0 Å². The van der Waals surface area contributed by atoms with E-state index in [1.807, 2.05) is 56.3 Å². The Labute approximate surface area is 123 Å². The molecule has 1 atom stereocenters. The number of fused-ring (bicyclic) bond motifs is 1. The molecule has 0 unspecified atom stereocenters. The molecule has 0 N–H and O–H groups in total. The van der Waals surface area contributed by atoms with E-state index >= 15 is 0 Å². The summed E-state index contributed by atoms with van der Waals surface area (Å²) in [5.41, 5.74) is 0.861. The van der Waals surface area contributed by atoms with Crippen molar-refractivity contribution in [2.75, 3.05) is 6.54 Å². The average molecular weight is 285 g/mol. The van der Waals surface area contributed by atoms with Gasteiger partial charge in [-0.05, 0) is 16.3 Å². The van der Waals surface area contributed by atoms with E-state index in [4.69, 9.17) is 0 Å². The number of nitro groups is 1. The van der Waals surface area contributed by atoms with E-state index in [1.54, 1.807) is 0 Å². The molecule has 0 heterocycles. The van der Waals surface area contributed by atoms with E-state index in [-0.39, 0.29) is 35.5 Å². The zero-order valence-corrected chi connectivity index (χ0v) is 12.3. The molecule has 2 rings (SSSR count). The largest absolute Gasteiger partial charge is 0.299 e. The van der Waals surface area contributed by atoms with E-state index < -0.39 is 0 Å². The SMILES string of the molecule is CC(C)C(=O)C[C@@H](C[N+](=O)[O-])c1ccc2ccccc2c1. The lowest BCUT2D eigenvalue weighted by Crippen LogP contribution is -2.19. The van der Waals surface area contributed by atoms with Crippen LogP contribution in [0.1, 0.15) is 31.7 Å². The standard InChI is InChI=1S/C17H19NO3/c1-12(2)17(19)10-16(11-18(20)21)15-8-7-13-5-3-4-6-14(13)9-15/h3-9,12,16H,10-11H2,1-2H3/t16-/m0/s1. The number of carbonyl (C=O) groups excluding carboxylic acids is 1. The summed E-state index contributed by atoms with van der Waals surface area (Å²) in [5.74, 6) is -0.394. The number of nitrogens with zero attached hydrogens (tertiary/aromatic N) is 1. The lowest BCUT2D eigenvalue weighted by Gasteiger charge is -2.14. The normalized spacial score (nSPS) is 12.5. The third-order valence-electron chi connectivity index (χ3n) is 3.71. The molecule has 21 heavy (non-hydrogen) atoms. The minimum Gasteiger partial charge on any atom is -0.299 e. The van der Waals surface area contributed by atoms with Crippen LogP contribution in [0.5, 0.6) is 0 Å². The molecule has 0 aromatic heterocycles. The summed E-state index contributed by atoms with van der Waals surface area (Å²) in [5, 5.41) is 13.0. The Bertz CT molecular complexity index is 664. The van der Waals surface area contributed by atoms with Crippen molar-refractivity contribution >= 4 is 16.6 Å². The van der Waals surface area contributed by atoms with E-state index in [2.05, 4.69) is 0 Å². The van der Waals surface area contributed by atoms with E-state index in [0.29, 0.717) is 0 Å². The summed E-state index contributed by atoms with van der Waals surface area (Å²) in [7, 11) is 0. The van der Waals surface area contributed by atoms with Gasteiger partial charge in [-0.2, -0.15) is 0 Å². The third kappa shape index (κ3) is 3.88. The number of carbonyl (C=O) groups is 1. The van der Waals surface area contributed by atoms with Gasteiger partial charge in [-0.25, -0.2) is 0 Å². The smallest absolute Gasteiger partial charge is 0.211 e. The molecule has 0 saturated carbocycles. The van der Waals surface area contributed by atoms with Gasteiger partial charge in [0.2, 0.25) is 6.54 Å². The van der Waals surface area contributed by atoms with E-state index in [9.17, 15) is 14.9 Å². The molecule has 4 nitrogen and oxygen atoms in total. The molecule has 0 bridgehead atoms. The van der Waals surface area contributed by atoms with E-state index in [0.717, 1.165) is 16.3 Å². The van der Waals surface area contributed by atoms with Crippen LogP contribution in [0.3, 0.4) is 0 Å². The molecule has 2 aromatic carbocycles. The van der Waals surface area contributed by atoms with Crippen molar-refractivity contribution in [1.82, 2.24) is 0 Å². The molecule has 4 heteroatoms. The molecular formula is C17H19NO3. The second-order valence-corrected chi connectivity index (χ2v) is 5.64. The van der Waals surface area contributed by atoms with Crippen LogP contribution < -0.4 is 0 Å². The number of rotatable bonds is 6. The fourth-order valence-electron chi connectivity index (χ4n) is 2.41. The zero-order chi connectivity index (χ0) is 15.4. The van der Waals surface area contributed by atoms with Gasteiger partial charge >= 0.3 is 0 Å². The van der Waals surface area contributed by atoms with Crippen molar-refractivity contribution in [2.45, 2.75) is 26.2 Å². The van der Waals surface area contributed by atoms with Crippen LogP contribution in [0.15, 0.2) is 42.5 Å². The zero-order valence-electron chi connectivity index (χ0n) is 12.3. The Hall–Kier alpha value is -2.23. The highest BCUT2D eigenvalue weighted by atomic mass is 16.6. The highest BCUT2D eigenvalue weighted by Crippen LogP contribution is 2.25. The quantitative estimate of drug-likeness (QED) is 0.599. The second-order valence-electron chi connectivity index (χ2n) is 5.64. The predicted molar refractivity (Wildman–Crippen MR) is 83.0 cm³/mol. The van der Waals surface area contributed by atoms with Crippen molar-refractivity contribution in [3.63, 3.8) is 0 Å². The number of benzene rings is 2. The Morgan fingerprint density at radius 2 is 1.81 bits per heavy atom. The minimum absolute atomic E-state index is 0.0648. The number of hydrogen-bond acceptors (Lipinski definition) is 3. The molecule has 2 aromatic rings. The number of ketones is 1. The highest BCUT2D eigenvalue weighted by molar-refractivity contribution is 5.84. The minimum atomic E-state index is -0.362. The Kier molecular flexibility index (Phi) is 4.68. The number of hydrogen-bond donors (Lipinski definition) is 0. The van der Waals surface area contributed by atoms with Crippen molar-refractivity contribution < 1.29 is 9.72 Å². The first-order valence-electron chi connectivity index (χ1n) is 7.10. The Morgan fingerprint density at radius 1 is 1.14 bits per heavy atom.